The summed E-state index contributed by atoms with van der Waals surface area (Å²) in [6.45, 7) is 3.11. The van der Waals surface area contributed by atoms with Gasteiger partial charge in [0.2, 0.25) is 0 Å². The molecular weight excluding hydrogens is 393 g/mol. The van der Waals surface area contributed by atoms with Crippen molar-refractivity contribution in [1.82, 2.24) is 4.90 Å². The van der Waals surface area contributed by atoms with Crippen LogP contribution in [0.4, 0.5) is 4.39 Å². The first-order valence-corrected chi connectivity index (χ1v) is 11.3. The van der Waals surface area contributed by atoms with E-state index in [9.17, 15) is 9.18 Å². The van der Waals surface area contributed by atoms with Crippen molar-refractivity contribution in [2.45, 2.75) is 63.0 Å². The van der Waals surface area contributed by atoms with Crippen molar-refractivity contribution in [2.75, 3.05) is 20.3 Å². The lowest BCUT2D eigenvalue weighted by Crippen LogP contribution is -2.54. The smallest absolute Gasteiger partial charge is 0.262 e. The maximum absolute atomic E-state index is 13.8. The van der Waals surface area contributed by atoms with Gasteiger partial charge < -0.3 is 10.5 Å². The number of rotatable bonds is 5. The maximum Gasteiger partial charge on any atom is 0.262 e. The molecule has 0 aromatic rings. The van der Waals surface area contributed by atoms with E-state index in [0.29, 0.717) is 5.92 Å². The van der Waals surface area contributed by atoms with E-state index in [1.54, 1.807) is 13.2 Å². The summed E-state index contributed by atoms with van der Waals surface area (Å²) in [5, 5.41) is 0. The maximum atomic E-state index is 13.8. The number of fused-ring (bicyclic) bond motifs is 1. The van der Waals surface area contributed by atoms with Crippen molar-refractivity contribution >= 4 is 11.9 Å². The quantitative estimate of drug-likeness (QED) is 0.540. The minimum atomic E-state index is -1.06. The number of nitrogens with two attached hydrogens (primary N) is 1. The van der Waals surface area contributed by atoms with E-state index in [0.717, 1.165) is 62.5 Å². The molecule has 2 spiro atoms. The number of halogens is 1. The molecule has 1 heterocycles. The highest BCUT2D eigenvalue weighted by Crippen LogP contribution is 2.61. The predicted molar refractivity (Wildman–Crippen MR) is 120 cm³/mol. The van der Waals surface area contributed by atoms with Gasteiger partial charge in [-0.25, -0.2) is 9.38 Å². The molecule has 0 saturated heterocycles. The lowest BCUT2D eigenvalue weighted by atomic mass is 9.61. The number of allylic oxidation sites excluding steroid dienone is 4. The average molecular weight is 426 g/mol. The Labute approximate surface area is 184 Å². The van der Waals surface area contributed by atoms with Crippen LogP contribution in [0.25, 0.3) is 0 Å². The lowest BCUT2D eigenvalue weighted by molar-refractivity contribution is -0.135. The molecule has 0 radical (unpaired) electrons. The van der Waals surface area contributed by atoms with Crippen LogP contribution in [0.3, 0.4) is 0 Å². The number of aliphatic imine (C=N–C) groups is 1. The SMILES string of the molecule is C=C/C=C(C#CC1CC1)\C=C1/CCC2(CCC(OC)CC2)C12N=C(N)N(CCF)C2=O. The average Bonchev–Trinajstić information content (AvgIpc) is 3.52. The fourth-order valence-electron chi connectivity index (χ4n) is 5.53. The first-order chi connectivity index (χ1) is 15.0. The van der Waals surface area contributed by atoms with Crippen LogP contribution < -0.4 is 5.73 Å². The highest BCUT2D eigenvalue weighted by Gasteiger charge is 2.66. The number of ether oxygens (including phenoxy) is 1. The van der Waals surface area contributed by atoms with Gasteiger partial charge in [0.1, 0.15) is 6.67 Å². The van der Waals surface area contributed by atoms with Crippen LogP contribution in [0.15, 0.2) is 40.9 Å². The fraction of sp³-hybridized carbons (Fsp3) is 0.600. The van der Waals surface area contributed by atoms with Crippen LogP contribution in [0.1, 0.15) is 51.4 Å². The molecule has 0 aromatic carbocycles. The molecule has 3 fully saturated rings. The number of carbonyl (C=O) groups is 1. The Morgan fingerprint density at radius 1 is 1.35 bits per heavy atom. The van der Waals surface area contributed by atoms with E-state index in [4.69, 9.17) is 15.5 Å². The highest BCUT2D eigenvalue weighted by atomic mass is 19.1. The molecule has 1 atom stereocenters. The van der Waals surface area contributed by atoms with Crippen LogP contribution in [0.5, 0.6) is 0 Å². The molecule has 4 aliphatic rings. The zero-order valence-electron chi connectivity index (χ0n) is 18.3. The summed E-state index contributed by atoms with van der Waals surface area (Å²) in [6, 6.07) is 0. The number of carbonyl (C=O) groups excluding carboxylic acids is 1. The molecular formula is C25H32FN3O2. The van der Waals surface area contributed by atoms with Crippen molar-refractivity contribution in [3.8, 4) is 11.8 Å². The van der Waals surface area contributed by atoms with Gasteiger partial charge in [-0.3, -0.25) is 9.69 Å². The monoisotopic (exact) mass is 425 g/mol. The van der Waals surface area contributed by atoms with Crippen molar-refractivity contribution in [3.63, 3.8) is 0 Å². The number of hydrogen-bond donors (Lipinski definition) is 1. The molecule has 3 saturated carbocycles. The zero-order chi connectivity index (χ0) is 22.1. The minimum absolute atomic E-state index is 0.0587. The summed E-state index contributed by atoms with van der Waals surface area (Å²) in [4.78, 5) is 20.0. The van der Waals surface area contributed by atoms with E-state index >= 15 is 0 Å². The number of alkyl halides is 1. The number of methoxy groups -OCH3 is 1. The Morgan fingerprint density at radius 3 is 2.71 bits per heavy atom. The third-order valence-corrected chi connectivity index (χ3v) is 7.37. The first-order valence-electron chi connectivity index (χ1n) is 11.3. The molecule has 166 valence electrons. The lowest BCUT2D eigenvalue weighted by Gasteiger charge is -2.45. The van der Waals surface area contributed by atoms with Crippen molar-refractivity contribution in [1.29, 1.82) is 0 Å². The van der Waals surface area contributed by atoms with E-state index in [-0.39, 0.29) is 29.9 Å². The number of guanidine groups is 1. The normalized spacial score (nSPS) is 34.4. The summed E-state index contributed by atoms with van der Waals surface area (Å²) in [6.07, 6.45) is 13.2. The Hall–Kier alpha value is -2.39. The molecule has 1 aliphatic heterocycles. The minimum Gasteiger partial charge on any atom is -0.381 e. The van der Waals surface area contributed by atoms with Gasteiger partial charge in [-0.15, -0.1) is 0 Å². The van der Waals surface area contributed by atoms with E-state index in [1.165, 1.54) is 4.90 Å². The molecule has 0 aromatic heterocycles. The van der Waals surface area contributed by atoms with Crippen LogP contribution >= 0.6 is 0 Å². The molecule has 1 unspecified atom stereocenters. The molecule has 4 rings (SSSR count). The van der Waals surface area contributed by atoms with E-state index in [1.807, 2.05) is 12.2 Å². The molecule has 2 N–H and O–H groups in total. The van der Waals surface area contributed by atoms with Crippen LogP contribution in [0, 0.1) is 23.2 Å². The number of amides is 1. The molecule has 5 nitrogen and oxygen atoms in total. The topological polar surface area (TPSA) is 67.9 Å². The second-order valence-electron chi connectivity index (χ2n) is 9.11. The molecule has 6 heteroatoms. The standard InChI is InChI=1S/C25H32FN3O2/c1-3-4-19(8-7-18-5-6-18)17-20-9-12-24(13-10-21(31-2)11-14-24)25(20)22(30)29(16-15-26)23(27)28-25/h3-4,17-18,21H,1,5-6,9-16H2,2H3,(H2,27,28)/b19-4-,20-17+. The second-order valence-corrected chi connectivity index (χ2v) is 9.11. The third kappa shape index (κ3) is 3.74. The summed E-state index contributed by atoms with van der Waals surface area (Å²) in [5.74, 6) is 6.98. The molecule has 31 heavy (non-hydrogen) atoms. The van der Waals surface area contributed by atoms with Crippen LogP contribution in [-0.2, 0) is 9.53 Å². The van der Waals surface area contributed by atoms with Gasteiger partial charge >= 0.3 is 0 Å². The molecule has 0 bridgehead atoms. The first kappa shape index (κ1) is 21.8. The van der Waals surface area contributed by atoms with Gasteiger partial charge in [0, 0.05) is 24.0 Å². The van der Waals surface area contributed by atoms with Gasteiger partial charge in [0.05, 0.1) is 12.6 Å². The van der Waals surface area contributed by atoms with Gasteiger partial charge in [-0.1, -0.05) is 24.5 Å². The Bertz CT molecular complexity index is 897. The largest absolute Gasteiger partial charge is 0.381 e. The molecule has 1 amide bonds. The van der Waals surface area contributed by atoms with Crippen LogP contribution in [-0.4, -0.2) is 48.7 Å². The summed E-state index contributed by atoms with van der Waals surface area (Å²) in [5.41, 5.74) is 6.59. The van der Waals surface area contributed by atoms with E-state index < -0.39 is 12.2 Å². The van der Waals surface area contributed by atoms with E-state index in [2.05, 4.69) is 18.4 Å². The number of hydrogen-bond acceptors (Lipinski definition) is 4. The van der Waals surface area contributed by atoms with Crippen molar-refractivity contribution < 1.29 is 13.9 Å². The predicted octanol–water partition coefficient (Wildman–Crippen LogP) is 3.67. The van der Waals surface area contributed by atoms with Crippen molar-refractivity contribution in [3.05, 3.63) is 36.0 Å². The van der Waals surface area contributed by atoms with Gasteiger partial charge in [-0.05, 0) is 69.1 Å². The fourth-order valence-corrected chi connectivity index (χ4v) is 5.53. The Morgan fingerprint density at radius 2 is 2.10 bits per heavy atom. The van der Waals surface area contributed by atoms with Crippen molar-refractivity contribution in [2.24, 2.45) is 22.1 Å². The highest BCUT2D eigenvalue weighted by molar-refractivity contribution is 6.09. The summed E-state index contributed by atoms with van der Waals surface area (Å²) in [7, 11) is 1.74. The molecule has 3 aliphatic carbocycles. The Kier molecular flexibility index (Phi) is 6.07. The summed E-state index contributed by atoms with van der Waals surface area (Å²) < 4.78 is 18.8. The summed E-state index contributed by atoms with van der Waals surface area (Å²) >= 11 is 0. The second kappa shape index (κ2) is 8.63. The van der Waals surface area contributed by atoms with Gasteiger partial charge in [0.15, 0.2) is 11.5 Å². The zero-order valence-corrected chi connectivity index (χ0v) is 18.3. The van der Waals surface area contributed by atoms with Gasteiger partial charge in [-0.2, -0.15) is 0 Å². The Balaban J connectivity index is 1.77. The van der Waals surface area contributed by atoms with Gasteiger partial charge in [0.25, 0.3) is 5.91 Å². The third-order valence-electron chi connectivity index (χ3n) is 7.37. The van der Waals surface area contributed by atoms with Crippen LogP contribution in [0.2, 0.25) is 0 Å². The number of nitrogens with zero attached hydrogens (tertiary/aromatic N) is 2.